The minimum Gasteiger partial charge on any atom is -0.465 e. The van der Waals surface area contributed by atoms with Crippen LogP contribution in [0.4, 0.5) is 20.2 Å². The third kappa shape index (κ3) is 2.73. The second-order valence-corrected chi connectivity index (χ2v) is 5.75. The SMILES string of the molecule is [2H]C([2H])([2H])n1cnc2c(F)c(Nc3ccc(Br)cc3F)c(C(=O)OC)cc21. The fourth-order valence-corrected chi connectivity index (χ4v) is 2.56. The van der Waals surface area contributed by atoms with E-state index in [0.29, 0.717) is 4.47 Å². The van der Waals surface area contributed by atoms with Crippen molar-refractivity contribution in [1.82, 2.24) is 9.55 Å². The van der Waals surface area contributed by atoms with E-state index in [4.69, 9.17) is 4.11 Å². The second kappa shape index (κ2) is 6.20. The highest BCUT2D eigenvalue weighted by Crippen LogP contribution is 2.32. The van der Waals surface area contributed by atoms with E-state index >= 15 is 4.39 Å². The maximum Gasteiger partial charge on any atom is 0.340 e. The largest absolute Gasteiger partial charge is 0.465 e. The minimum atomic E-state index is -2.62. The van der Waals surface area contributed by atoms with Crippen molar-refractivity contribution in [3.63, 3.8) is 0 Å². The molecule has 24 heavy (non-hydrogen) atoms. The zero-order chi connectivity index (χ0) is 19.9. The van der Waals surface area contributed by atoms with Crippen molar-refractivity contribution in [2.45, 2.75) is 0 Å². The number of methoxy groups -OCH3 is 1. The molecule has 3 rings (SSSR count). The average Bonchev–Trinajstić information content (AvgIpc) is 3.03. The first-order chi connectivity index (χ1) is 12.6. The van der Waals surface area contributed by atoms with Crippen molar-refractivity contribution >= 4 is 44.3 Å². The fourth-order valence-electron chi connectivity index (χ4n) is 2.23. The van der Waals surface area contributed by atoms with Crippen LogP contribution in [0.15, 0.2) is 35.1 Å². The summed E-state index contributed by atoms with van der Waals surface area (Å²) in [6, 6.07) is 5.19. The zero-order valence-electron chi connectivity index (χ0n) is 15.2. The number of rotatable bonds is 3. The van der Waals surface area contributed by atoms with E-state index in [1.807, 2.05) is 0 Å². The van der Waals surface area contributed by atoms with Gasteiger partial charge in [0.15, 0.2) is 5.82 Å². The standard InChI is InChI=1S/C16H12BrF2N3O2/c1-22-7-20-15-12(22)6-9(16(23)24-2)14(13(15)19)21-11-4-3-8(17)5-10(11)18/h3-7,21H,1-2H3/i1D3. The molecule has 0 radical (unpaired) electrons. The van der Waals surface area contributed by atoms with Gasteiger partial charge in [0.2, 0.25) is 0 Å². The molecule has 2 aromatic carbocycles. The lowest BCUT2D eigenvalue weighted by Gasteiger charge is -2.13. The van der Waals surface area contributed by atoms with Crippen molar-refractivity contribution in [2.75, 3.05) is 12.4 Å². The molecule has 0 amide bonds. The van der Waals surface area contributed by atoms with E-state index in [2.05, 4.69) is 31.0 Å². The Hall–Kier alpha value is -2.48. The van der Waals surface area contributed by atoms with Crippen LogP contribution >= 0.6 is 15.9 Å². The lowest BCUT2D eigenvalue weighted by molar-refractivity contribution is 0.0601. The summed E-state index contributed by atoms with van der Waals surface area (Å²) in [6.07, 6.45) is 0.950. The van der Waals surface area contributed by atoms with Gasteiger partial charge in [-0.2, -0.15) is 0 Å². The van der Waals surface area contributed by atoms with Gasteiger partial charge in [0, 0.05) is 15.6 Å². The molecule has 0 unspecified atom stereocenters. The van der Waals surface area contributed by atoms with Gasteiger partial charge in [-0.15, -0.1) is 0 Å². The molecule has 5 nitrogen and oxygen atoms in total. The number of carbonyl (C=O) groups excluding carboxylic acids is 1. The Labute approximate surface area is 148 Å². The van der Waals surface area contributed by atoms with Gasteiger partial charge in [0.1, 0.15) is 11.3 Å². The van der Waals surface area contributed by atoms with E-state index in [1.165, 1.54) is 18.2 Å². The number of aryl methyl sites for hydroxylation is 1. The highest BCUT2D eigenvalue weighted by atomic mass is 79.9. The Balaban J connectivity index is 2.24. The van der Waals surface area contributed by atoms with Crippen molar-refractivity contribution in [3.05, 3.63) is 52.3 Å². The maximum atomic E-state index is 15.1. The van der Waals surface area contributed by atoms with E-state index in [9.17, 15) is 9.18 Å². The molecule has 1 N–H and O–H groups in total. The Morgan fingerprint density at radius 3 is 2.88 bits per heavy atom. The molecule has 0 bridgehead atoms. The molecule has 8 heteroatoms. The Kier molecular flexibility index (Phi) is 3.33. The van der Waals surface area contributed by atoms with Gasteiger partial charge >= 0.3 is 5.97 Å². The van der Waals surface area contributed by atoms with Crippen LogP contribution in [0.3, 0.4) is 0 Å². The number of esters is 1. The van der Waals surface area contributed by atoms with Gasteiger partial charge in [-0.25, -0.2) is 18.6 Å². The molecule has 0 aliphatic carbocycles. The molecule has 0 atom stereocenters. The summed E-state index contributed by atoms with van der Waals surface area (Å²) in [5.41, 5.74) is -1.15. The summed E-state index contributed by atoms with van der Waals surface area (Å²) in [5.74, 6) is -2.61. The van der Waals surface area contributed by atoms with Crippen molar-refractivity contribution in [3.8, 4) is 0 Å². The normalized spacial score (nSPS) is 13.2. The molecule has 0 spiro atoms. The Morgan fingerprint density at radius 2 is 2.21 bits per heavy atom. The highest BCUT2D eigenvalue weighted by molar-refractivity contribution is 9.10. The second-order valence-electron chi connectivity index (χ2n) is 4.84. The molecule has 0 fully saturated rings. The molecule has 1 heterocycles. The lowest BCUT2D eigenvalue weighted by Crippen LogP contribution is -2.09. The van der Waals surface area contributed by atoms with Crippen LogP contribution in [-0.4, -0.2) is 22.6 Å². The molecule has 124 valence electrons. The summed E-state index contributed by atoms with van der Waals surface area (Å²) in [6.45, 7) is -2.62. The Morgan fingerprint density at radius 1 is 1.42 bits per heavy atom. The van der Waals surface area contributed by atoms with Gasteiger partial charge in [0.05, 0.1) is 35.9 Å². The maximum absolute atomic E-state index is 15.1. The van der Waals surface area contributed by atoms with Gasteiger partial charge in [-0.3, -0.25) is 0 Å². The first kappa shape index (κ1) is 12.9. The summed E-state index contributed by atoms with van der Waals surface area (Å²) in [7, 11) is 1.09. The van der Waals surface area contributed by atoms with E-state index < -0.39 is 24.6 Å². The van der Waals surface area contributed by atoms with Gasteiger partial charge in [-0.05, 0) is 24.3 Å². The summed E-state index contributed by atoms with van der Waals surface area (Å²) < 4.78 is 57.6. The number of imidazole rings is 1. The quantitative estimate of drug-likeness (QED) is 0.673. The van der Waals surface area contributed by atoms with Crippen LogP contribution in [0, 0.1) is 11.6 Å². The topological polar surface area (TPSA) is 56.2 Å². The molecular weight excluding hydrogens is 384 g/mol. The summed E-state index contributed by atoms with van der Waals surface area (Å²) in [4.78, 5) is 15.9. The van der Waals surface area contributed by atoms with Crippen molar-refractivity contribution < 1.29 is 22.4 Å². The molecule has 0 aliphatic rings. The number of halogens is 3. The minimum absolute atomic E-state index is 0.0862. The number of carbonyl (C=O) groups is 1. The number of ether oxygens (including phenoxy) is 1. The van der Waals surface area contributed by atoms with Gasteiger partial charge in [-0.1, -0.05) is 15.9 Å². The number of benzene rings is 2. The van der Waals surface area contributed by atoms with Gasteiger partial charge < -0.3 is 14.6 Å². The van der Waals surface area contributed by atoms with Crippen molar-refractivity contribution in [2.24, 2.45) is 6.98 Å². The number of hydrogen-bond donors (Lipinski definition) is 1. The van der Waals surface area contributed by atoms with Gasteiger partial charge in [0.25, 0.3) is 0 Å². The predicted molar refractivity (Wildman–Crippen MR) is 89.4 cm³/mol. The Bertz CT molecular complexity index is 1050. The molecule has 3 aromatic rings. The highest BCUT2D eigenvalue weighted by Gasteiger charge is 2.22. The number of aromatic nitrogens is 2. The molecule has 1 aromatic heterocycles. The number of fused-ring (bicyclic) bond motifs is 1. The molecule has 0 saturated carbocycles. The van der Waals surface area contributed by atoms with E-state index in [-0.39, 0.29) is 28.0 Å². The number of nitrogens with zero attached hydrogens (tertiary/aromatic N) is 2. The first-order valence-electron chi connectivity index (χ1n) is 8.14. The molecule has 0 saturated heterocycles. The van der Waals surface area contributed by atoms with Crippen LogP contribution in [-0.2, 0) is 11.7 Å². The van der Waals surface area contributed by atoms with Crippen LogP contribution in [0.5, 0.6) is 0 Å². The van der Waals surface area contributed by atoms with Crippen LogP contribution in [0.25, 0.3) is 11.0 Å². The number of anilines is 2. The van der Waals surface area contributed by atoms with E-state index in [1.54, 1.807) is 0 Å². The third-order valence-electron chi connectivity index (χ3n) is 3.38. The predicted octanol–water partition coefficient (Wildman–Crippen LogP) is 4.14. The number of hydrogen-bond acceptors (Lipinski definition) is 4. The fraction of sp³-hybridized carbons (Fsp3) is 0.125. The summed E-state index contributed by atoms with van der Waals surface area (Å²) >= 11 is 3.12. The molecular formula is C16H12BrF2N3O2. The third-order valence-corrected chi connectivity index (χ3v) is 3.87. The molecule has 0 aliphatic heterocycles. The zero-order valence-corrected chi connectivity index (χ0v) is 13.8. The van der Waals surface area contributed by atoms with Crippen LogP contribution in [0.1, 0.15) is 14.5 Å². The first-order valence-corrected chi connectivity index (χ1v) is 7.43. The monoisotopic (exact) mass is 398 g/mol. The summed E-state index contributed by atoms with van der Waals surface area (Å²) in [5, 5.41) is 2.53. The smallest absolute Gasteiger partial charge is 0.340 e. The van der Waals surface area contributed by atoms with E-state index in [0.717, 1.165) is 24.1 Å². The lowest BCUT2D eigenvalue weighted by atomic mass is 10.1. The van der Waals surface area contributed by atoms with Crippen molar-refractivity contribution in [1.29, 1.82) is 0 Å². The van der Waals surface area contributed by atoms with Crippen LogP contribution < -0.4 is 5.32 Å². The average molecular weight is 399 g/mol. The number of nitrogens with one attached hydrogen (secondary N) is 1. The van der Waals surface area contributed by atoms with Crippen LogP contribution in [0.2, 0.25) is 0 Å².